The lowest BCUT2D eigenvalue weighted by Crippen LogP contribution is -2.26. The van der Waals surface area contributed by atoms with E-state index in [-0.39, 0.29) is 11.9 Å². The van der Waals surface area contributed by atoms with Crippen molar-refractivity contribution in [2.24, 2.45) is 0 Å². The summed E-state index contributed by atoms with van der Waals surface area (Å²) < 4.78 is 7.08. The number of carbonyl (C=O) groups excluding carboxylic acids is 1. The van der Waals surface area contributed by atoms with Crippen molar-refractivity contribution >= 4 is 11.6 Å². The number of imidazole rings is 1. The first-order valence-corrected chi connectivity index (χ1v) is 7.28. The van der Waals surface area contributed by atoms with Crippen molar-refractivity contribution in [1.29, 1.82) is 0 Å². The van der Waals surface area contributed by atoms with Crippen LogP contribution < -0.4 is 5.32 Å². The van der Waals surface area contributed by atoms with Gasteiger partial charge in [-0.3, -0.25) is 4.79 Å². The molecule has 114 valence electrons. The Kier molecular flexibility index (Phi) is 3.66. The summed E-state index contributed by atoms with van der Waals surface area (Å²) in [7, 11) is 0. The van der Waals surface area contributed by atoms with Gasteiger partial charge in [-0.15, -0.1) is 0 Å². The summed E-state index contributed by atoms with van der Waals surface area (Å²) in [5.41, 5.74) is 3.11. The van der Waals surface area contributed by atoms with E-state index in [0.29, 0.717) is 11.5 Å². The number of aryl methyl sites for hydroxylation is 2. The van der Waals surface area contributed by atoms with Crippen LogP contribution in [0.1, 0.15) is 47.4 Å². The quantitative estimate of drug-likeness (QED) is 0.803. The van der Waals surface area contributed by atoms with Crippen LogP contribution in [-0.4, -0.2) is 20.4 Å². The molecule has 1 amide bonds. The average Bonchev–Trinajstić information content (AvgIpc) is 3.13. The maximum atomic E-state index is 12.3. The van der Waals surface area contributed by atoms with E-state index < -0.39 is 0 Å². The second-order valence-corrected chi connectivity index (χ2v) is 5.37. The molecule has 6 heteroatoms. The van der Waals surface area contributed by atoms with Gasteiger partial charge in [0, 0.05) is 18.5 Å². The highest BCUT2D eigenvalue weighted by atomic mass is 16.5. The number of fused-ring (bicyclic) bond motifs is 1. The van der Waals surface area contributed by atoms with Crippen molar-refractivity contribution in [3.8, 4) is 0 Å². The fourth-order valence-corrected chi connectivity index (χ4v) is 2.25. The SMILES string of the molecule is CCc1cc([C@H](C)NC(=O)c2cn3cc(C)ccc3n2)on1. The van der Waals surface area contributed by atoms with Gasteiger partial charge < -0.3 is 14.2 Å². The average molecular weight is 298 g/mol. The van der Waals surface area contributed by atoms with Gasteiger partial charge in [0.05, 0.1) is 11.7 Å². The Morgan fingerprint density at radius 2 is 2.23 bits per heavy atom. The minimum Gasteiger partial charge on any atom is -0.359 e. The van der Waals surface area contributed by atoms with Gasteiger partial charge in [0.1, 0.15) is 11.3 Å². The second-order valence-electron chi connectivity index (χ2n) is 5.37. The zero-order valence-electron chi connectivity index (χ0n) is 12.8. The van der Waals surface area contributed by atoms with Crippen LogP contribution in [0.5, 0.6) is 0 Å². The first-order valence-electron chi connectivity index (χ1n) is 7.28. The molecule has 1 N–H and O–H groups in total. The zero-order valence-corrected chi connectivity index (χ0v) is 12.8. The van der Waals surface area contributed by atoms with Gasteiger partial charge in [0.2, 0.25) is 0 Å². The van der Waals surface area contributed by atoms with Gasteiger partial charge in [0.15, 0.2) is 5.76 Å². The van der Waals surface area contributed by atoms with Crippen LogP contribution in [0.2, 0.25) is 0 Å². The molecule has 0 fully saturated rings. The molecule has 0 aliphatic heterocycles. The number of amides is 1. The van der Waals surface area contributed by atoms with Crippen molar-refractivity contribution < 1.29 is 9.32 Å². The smallest absolute Gasteiger partial charge is 0.272 e. The Morgan fingerprint density at radius 1 is 1.41 bits per heavy atom. The lowest BCUT2D eigenvalue weighted by atomic mass is 10.2. The maximum Gasteiger partial charge on any atom is 0.272 e. The number of hydrogen-bond acceptors (Lipinski definition) is 4. The number of nitrogens with one attached hydrogen (secondary N) is 1. The highest BCUT2D eigenvalue weighted by Crippen LogP contribution is 2.15. The molecule has 0 saturated heterocycles. The number of aromatic nitrogens is 3. The first kappa shape index (κ1) is 14.3. The molecule has 0 unspecified atom stereocenters. The third-order valence-corrected chi connectivity index (χ3v) is 3.55. The largest absolute Gasteiger partial charge is 0.359 e. The van der Waals surface area contributed by atoms with Gasteiger partial charge in [-0.25, -0.2) is 4.98 Å². The van der Waals surface area contributed by atoms with Gasteiger partial charge in [0.25, 0.3) is 5.91 Å². The van der Waals surface area contributed by atoms with Crippen LogP contribution >= 0.6 is 0 Å². The Balaban J connectivity index is 1.77. The molecule has 0 aromatic carbocycles. The van der Waals surface area contributed by atoms with E-state index >= 15 is 0 Å². The van der Waals surface area contributed by atoms with Gasteiger partial charge >= 0.3 is 0 Å². The Morgan fingerprint density at radius 3 is 2.95 bits per heavy atom. The van der Waals surface area contributed by atoms with E-state index in [2.05, 4.69) is 15.5 Å². The second kappa shape index (κ2) is 5.63. The van der Waals surface area contributed by atoms with Crippen LogP contribution in [0.25, 0.3) is 5.65 Å². The predicted molar refractivity (Wildman–Crippen MR) is 81.7 cm³/mol. The molecule has 3 aromatic rings. The lowest BCUT2D eigenvalue weighted by Gasteiger charge is -2.08. The molecular weight excluding hydrogens is 280 g/mol. The summed E-state index contributed by atoms with van der Waals surface area (Å²) in [5, 5.41) is 6.81. The van der Waals surface area contributed by atoms with Crippen molar-refractivity contribution in [2.75, 3.05) is 0 Å². The Hall–Kier alpha value is -2.63. The highest BCUT2D eigenvalue weighted by molar-refractivity contribution is 5.93. The Bertz CT molecular complexity index is 819. The van der Waals surface area contributed by atoms with Crippen molar-refractivity contribution in [3.63, 3.8) is 0 Å². The number of carbonyl (C=O) groups is 1. The predicted octanol–water partition coefficient (Wildman–Crippen LogP) is 2.68. The minimum absolute atomic E-state index is 0.233. The molecule has 0 aliphatic carbocycles. The van der Waals surface area contributed by atoms with E-state index in [0.717, 1.165) is 23.3 Å². The molecule has 3 heterocycles. The molecule has 3 aromatic heterocycles. The molecule has 0 saturated carbocycles. The number of hydrogen-bond donors (Lipinski definition) is 1. The van der Waals surface area contributed by atoms with Crippen LogP contribution in [0.3, 0.4) is 0 Å². The molecule has 1 atom stereocenters. The number of pyridine rings is 1. The zero-order chi connectivity index (χ0) is 15.7. The minimum atomic E-state index is -0.258. The van der Waals surface area contributed by atoms with E-state index in [9.17, 15) is 4.79 Å². The molecule has 0 aliphatic rings. The van der Waals surface area contributed by atoms with E-state index in [1.54, 1.807) is 6.20 Å². The number of nitrogens with zero attached hydrogens (tertiary/aromatic N) is 3. The molecule has 6 nitrogen and oxygen atoms in total. The lowest BCUT2D eigenvalue weighted by molar-refractivity contribution is 0.0929. The topological polar surface area (TPSA) is 72.4 Å². The highest BCUT2D eigenvalue weighted by Gasteiger charge is 2.17. The van der Waals surface area contributed by atoms with Crippen LogP contribution in [-0.2, 0) is 6.42 Å². The van der Waals surface area contributed by atoms with E-state index in [1.165, 1.54) is 0 Å². The monoisotopic (exact) mass is 298 g/mol. The molecule has 0 spiro atoms. The fraction of sp³-hybridized carbons (Fsp3) is 0.312. The van der Waals surface area contributed by atoms with Crippen LogP contribution in [0, 0.1) is 6.92 Å². The molecule has 3 rings (SSSR count). The summed E-state index contributed by atoms with van der Waals surface area (Å²) in [6, 6.07) is 5.46. The van der Waals surface area contributed by atoms with Crippen molar-refractivity contribution in [3.05, 3.63) is 53.3 Å². The summed E-state index contributed by atoms with van der Waals surface area (Å²) in [6.45, 7) is 5.86. The van der Waals surface area contributed by atoms with Crippen molar-refractivity contribution in [1.82, 2.24) is 19.9 Å². The molecule has 0 bridgehead atoms. The molecule has 0 radical (unpaired) electrons. The van der Waals surface area contributed by atoms with E-state index in [1.807, 2.05) is 49.6 Å². The number of rotatable bonds is 4. The summed E-state index contributed by atoms with van der Waals surface area (Å²) in [6.07, 6.45) is 4.46. The van der Waals surface area contributed by atoms with Gasteiger partial charge in [-0.05, 0) is 31.9 Å². The molecular formula is C16H18N4O2. The first-order chi connectivity index (χ1) is 10.6. The van der Waals surface area contributed by atoms with E-state index in [4.69, 9.17) is 4.52 Å². The fourth-order valence-electron chi connectivity index (χ4n) is 2.25. The summed E-state index contributed by atoms with van der Waals surface area (Å²) in [4.78, 5) is 16.6. The third kappa shape index (κ3) is 2.72. The Labute approximate surface area is 128 Å². The van der Waals surface area contributed by atoms with Crippen molar-refractivity contribution in [2.45, 2.75) is 33.2 Å². The molecule has 22 heavy (non-hydrogen) atoms. The summed E-state index contributed by atoms with van der Waals surface area (Å²) >= 11 is 0. The normalized spacial score (nSPS) is 12.5. The maximum absolute atomic E-state index is 12.3. The third-order valence-electron chi connectivity index (χ3n) is 3.55. The summed E-state index contributed by atoms with van der Waals surface area (Å²) in [5.74, 6) is 0.410. The van der Waals surface area contributed by atoms with Crippen LogP contribution in [0.4, 0.5) is 0 Å². The van der Waals surface area contributed by atoms with Crippen LogP contribution in [0.15, 0.2) is 35.1 Å². The van der Waals surface area contributed by atoms with Gasteiger partial charge in [-0.2, -0.15) is 0 Å². The standard InChI is InChI=1S/C16H18N4O2/c1-4-12-7-14(22-19-12)11(3)17-16(21)13-9-20-8-10(2)5-6-15(20)18-13/h5-9,11H,4H2,1-3H3,(H,17,21)/t11-/m0/s1. The van der Waals surface area contributed by atoms with Gasteiger partial charge in [-0.1, -0.05) is 18.1 Å².